The molecule has 0 aliphatic carbocycles. The highest BCUT2D eigenvalue weighted by atomic mass is 19.4. The smallest absolute Gasteiger partial charge is 0.394 e. The van der Waals surface area contributed by atoms with Crippen LogP contribution in [-0.4, -0.2) is 84.2 Å². The fourth-order valence-electron chi connectivity index (χ4n) is 1.64. The molecule has 0 atom stereocenters. The monoisotopic (exact) mass is 483 g/mol. The van der Waals surface area contributed by atoms with Crippen LogP contribution in [0.2, 0.25) is 0 Å². The Hall–Kier alpha value is -1.11. The predicted octanol–water partition coefficient (Wildman–Crippen LogP) is 3.27. The van der Waals surface area contributed by atoms with Crippen molar-refractivity contribution in [3.8, 4) is 0 Å². The van der Waals surface area contributed by atoms with E-state index in [4.69, 9.17) is 10.2 Å². The molecule has 0 aromatic heterocycles. The van der Waals surface area contributed by atoms with Gasteiger partial charge in [-0.15, -0.1) is 0 Å². The average molecular weight is 483 g/mol. The Morgan fingerprint density at radius 2 is 0.933 bits per heavy atom. The second-order valence-corrected chi connectivity index (χ2v) is 5.42. The number of rotatable bonds is 13. The van der Waals surface area contributed by atoms with Gasteiger partial charge in [-0.3, -0.25) is 9.68 Å². The maximum Gasteiger partial charge on any atom is 0.460 e. The van der Waals surface area contributed by atoms with Gasteiger partial charge >= 0.3 is 35.8 Å². The van der Waals surface area contributed by atoms with Crippen LogP contribution in [0.5, 0.6) is 0 Å². The third-order valence-corrected chi connectivity index (χ3v) is 3.26. The Morgan fingerprint density at radius 1 is 0.567 bits per heavy atom. The van der Waals surface area contributed by atoms with E-state index in [1.807, 2.05) is 0 Å². The molecule has 0 radical (unpaired) electrons. The molecule has 0 aromatic carbocycles. The summed E-state index contributed by atoms with van der Waals surface area (Å²) in [7, 11) is 0. The Kier molecular flexibility index (Phi) is 9.22. The number of alkyl halides is 13. The molecule has 2 N–H and O–H groups in total. The van der Waals surface area contributed by atoms with Gasteiger partial charge in [0, 0.05) is 6.42 Å². The molecule has 0 unspecified atom stereocenters. The van der Waals surface area contributed by atoms with Gasteiger partial charge in [-0.25, -0.2) is 0 Å². The highest BCUT2D eigenvalue weighted by Gasteiger charge is 2.90. The van der Waals surface area contributed by atoms with Gasteiger partial charge in [0.2, 0.25) is 0 Å². The maximum absolute atomic E-state index is 13.6. The predicted molar refractivity (Wildman–Crippen MR) is 68.2 cm³/mol. The van der Waals surface area contributed by atoms with E-state index < -0.39 is 75.2 Å². The molecule has 0 spiro atoms. The Balaban J connectivity index is 5.77. The van der Waals surface area contributed by atoms with Crippen LogP contribution >= 0.6 is 0 Å². The van der Waals surface area contributed by atoms with Crippen LogP contribution in [0.1, 0.15) is 6.42 Å². The Morgan fingerprint density at radius 3 is 1.27 bits per heavy atom. The van der Waals surface area contributed by atoms with Gasteiger partial charge in [0.25, 0.3) is 0 Å². The van der Waals surface area contributed by atoms with Crippen LogP contribution in [0.25, 0.3) is 0 Å². The van der Waals surface area contributed by atoms with Gasteiger partial charge in [-0.2, -0.15) is 57.1 Å². The summed E-state index contributed by atoms with van der Waals surface area (Å²) in [4.78, 5) is 8.64. The lowest BCUT2D eigenvalue weighted by molar-refractivity contribution is -0.442. The summed E-state index contributed by atoms with van der Waals surface area (Å²) >= 11 is 0. The van der Waals surface area contributed by atoms with Crippen molar-refractivity contribution in [3.05, 3.63) is 0 Å². The quantitative estimate of drug-likeness (QED) is 0.311. The molecular weight excluding hydrogens is 469 g/mol. The molecule has 0 saturated carbocycles. The zero-order valence-electron chi connectivity index (χ0n) is 14.3. The molecule has 0 fully saturated rings. The van der Waals surface area contributed by atoms with E-state index >= 15 is 0 Å². The summed E-state index contributed by atoms with van der Waals surface area (Å²) in [6, 6.07) is 0. The molecule has 0 heterocycles. The molecule has 30 heavy (non-hydrogen) atoms. The minimum Gasteiger partial charge on any atom is -0.394 e. The number of hydrogen-bond acceptors (Lipinski definition) is 5. The van der Waals surface area contributed by atoms with Crippen molar-refractivity contribution in [2.45, 2.75) is 42.2 Å². The molecule has 0 amide bonds. The minimum absolute atomic E-state index is 0.156. The van der Waals surface area contributed by atoms with E-state index in [0.717, 1.165) is 0 Å². The summed E-state index contributed by atoms with van der Waals surface area (Å²) in [5.74, 6) is -37.3. The lowest BCUT2D eigenvalue weighted by Gasteiger charge is -2.40. The van der Waals surface area contributed by atoms with Crippen molar-refractivity contribution >= 4 is 0 Å². The largest absolute Gasteiger partial charge is 0.460 e. The summed E-state index contributed by atoms with van der Waals surface area (Å²) in [5.41, 5.74) is 0. The molecule has 5 nitrogen and oxygen atoms in total. The van der Waals surface area contributed by atoms with Crippen LogP contribution in [0.15, 0.2) is 0 Å². The molecule has 0 aromatic rings. The highest BCUT2D eigenvalue weighted by molar-refractivity contribution is 5.10. The molecule has 0 bridgehead atoms. The summed E-state index contributed by atoms with van der Waals surface area (Å²) in [6.45, 7) is -4.79. The SMILES string of the molecule is OCCON(CCC(F)(F)C(F)(F)C(F)(F)C(F)(F)C(F)(F)C(F)(F)F)OCCO. The number of aliphatic hydroxyl groups excluding tert-OH is 2. The number of halogens is 13. The van der Waals surface area contributed by atoms with Crippen molar-refractivity contribution in [2.75, 3.05) is 33.0 Å². The van der Waals surface area contributed by atoms with Gasteiger partial charge < -0.3 is 10.2 Å². The van der Waals surface area contributed by atoms with Crippen LogP contribution in [0.3, 0.4) is 0 Å². The van der Waals surface area contributed by atoms with E-state index in [1.54, 1.807) is 0 Å². The second-order valence-electron chi connectivity index (χ2n) is 5.42. The first kappa shape index (κ1) is 28.9. The molecule has 0 aliphatic rings. The van der Waals surface area contributed by atoms with Crippen LogP contribution < -0.4 is 0 Å². The Labute approximate surface area is 158 Å². The molecular formula is C12H14F13NO4. The van der Waals surface area contributed by atoms with Crippen molar-refractivity contribution in [3.63, 3.8) is 0 Å². The lowest BCUT2D eigenvalue weighted by Crippen LogP contribution is -2.70. The van der Waals surface area contributed by atoms with Crippen molar-refractivity contribution in [1.82, 2.24) is 5.23 Å². The van der Waals surface area contributed by atoms with Gasteiger partial charge in [0.1, 0.15) is 0 Å². The second kappa shape index (κ2) is 9.58. The summed E-state index contributed by atoms with van der Waals surface area (Å²) < 4.78 is 168. The Bertz CT molecular complexity index is 533. The molecule has 18 heteroatoms. The molecule has 0 aliphatic heterocycles. The summed E-state index contributed by atoms with van der Waals surface area (Å²) in [6.07, 6.45) is -10.0. The van der Waals surface area contributed by atoms with E-state index in [1.165, 1.54) is 0 Å². The van der Waals surface area contributed by atoms with Crippen molar-refractivity contribution in [1.29, 1.82) is 0 Å². The number of nitrogens with zero attached hydrogens (tertiary/aromatic N) is 1. The standard InChI is InChI=1S/C12H14F13NO4/c13-7(14,1-2-26(29-5-3-27)30-6-4-28)8(15,16)9(17,18)10(19,20)11(21,22)12(23,24)25/h27-28H,1-6H2. The molecule has 0 rings (SSSR count). The minimum atomic E-state index is -7.97. The van der Waals surface area contributed by atoms with Gasteiger partial charge in [-0.1, -0.05) is 5.23 Å². The zero-order valence-corrected chi connectivity index (χ0v) is 14.3. The first-order valence-corrected chi connectivity index (χ1v) is 7.45. The number of hydrogen-bond donors (Lipinski definition) is 2. The van der Waals surface area contributed by atoms with Gasteiger partial charge in [-0.05, 0) is 0 Å². The maximum atomic E-state index is 13.6. The average Bonchev–Trinajstić information content (AvgIpc) is 2.59. The van der Waals surface area contributed by atoms with Gasteiger partial charge in [0.05, 0.1) is 33.0 Å². The van der Waals surface area contributed by atoms with E-state index in [0.29, 0.717) is 0 Å². The van der Waals surface area contributed by atoms with E-state index in [9.17, 15) is 57.1 Å². The lowest BCUT2D eigenvalue weighted by atomic mass is 9.92. The summed E-state index contributed by atoms with van der Waals surface area (Å²) in [5, 5.41) is 16.8. The highest BCUT2D eigenvalue weighted by Crippen LogP contribution is 2.60. The first-order chi connectivity index (χ1) is 13.2. The van der Waals surface area contributed by atoms with Crippen LogP contribution in [0, 0.1) is 0 Å². The third kappa shape index (κ3) is 5.38. The third-order valence-electron chi connectivity index (χ3n) is 3.26. The fraction of sp³-hybridized carbons (Fsp3) is 1.00. The van der Waals surface area contributed by atoms with Gasteiger partial charge in [0.15, 0.2) is 0 Å². The first-order valence-electron chi connectivity index (χ1n) is 7.45. The van der Waals surface area contributed by atoms with Crippen LogP contribution in [0.4, 0.5) is 57.1 Å². The molecule has 0 saturated heterocycles. The van der Waals surface area contributed by atoms with Crippen molar-refractivity contribution < 1.29 is 77.0 Å². The van der Waals surface area contributed by atoms with E-state index in [2.05, 4.69) is 9.68 Å². The molecule has 182 valence electrons. The topological polar surface area (TPSA) is 62.2 Å². The number of aliphatic hydroxyl groups is 2. The number of hydroxylamine groups is 2. The zero-order chi connectivity index (χ0) is 24.2. The van der Waals surface area contributed by atoms with Crippen LogP contribution in [-0.2, 0) is 9.68 Å². The van der Waals surface area contributed by atoms with E-state index in [-0.39, 0.29) is 5.23 Å². The van der Waals surface area contributed by atoms with Crippen molar-refractivity contribution in [2.24, 2.45) is 0 Å². The normalized spacial score (nSPS) is 15.2. The fourth-order valence-corrected chi connectivity index (χ4v) is 1.64.